The van der Waals surface area contributed by atoms with Crippen molar-refractivity contribution in [2.75, 3.05) is 11.9 Å². The van der Waals surface area contributed by atoms with Crippen molar-refractivity contribution < 1.29 is 9.84 Å². The molecule has 1 aliphatic carbocycles. The van der Waals surface area contributed by atoms with Crippen LogP contribution in [0.5, 0.6) is 0 Å². The van der Waals surface area contributed by atoms with Gasteiger partial charge in [0.15, 0.2) is 0 Å². The monoisotopic (exact) mass is 311 g/mol. The zero-order valence-electron chi connectivity index (χ0n) is 13.9. The highest BCUT2D eigenvalue weighted by Gasteiger charge is 2.42. The molecule has 4 rings (SSSR count). The van der Waals surface area contributed by atoms with Crippen LogP contribution in [0.1, 0.15) is 42.1 Å². The van der Waals surface area contributed by atoms with Gasteiger partial charge in [0.25, 0.3) is 0 Å². The summed E-state index contributed by atoms with van der Waals surface area (Å²) in [5.74, 6) is 1.28. The zero-order valence-corrected chi connectivity index (χ0v) is 13.9. The summed E-state index contributed by atoms with van der Waals surface area (Å²) in [4.78, 5) is 0. The average Bonchev–Trinajstić information content (AvgIpc) is 2.54. The number of aliphatic hydroxyl groups excluding tert-OH is 1. The van der Waals surface area contributed by atoms with Crippen molar-refractivity contribution in [1.29, 1.82) is 0 Å². The van der Waals surface area contributed by atoms with Gasteiger partial charge in [0.1, 0.15) is 0 Å². The van der Waals surface area contributed by atoms with Gasteiger partial charge >= 0.3 is 0 Å². The first kappa shape index (κ1) is 14.8. The normalized spacial score (nSPS) is 32.5. The second-order valence-corrected chi connectivity index (χ2v) is 7.22. The van der Waals surface area contributed by atoms with E-state index in [9.17, 15) is 5.11 Å². The van der Waals surface area contributed by atoms with Gasteiger partial charge in [-0.05, 0) is 38.3 Å². The van der Waals surface area contributed by atoms with Crippen molar-refractivity contribution in [2.45, 2.75) is 45.3 Å². The van der Waals surface area contributed by atoms with Crippen LogP contribution in [0.2, 0.25) is 0 Å². The zero-order chi connectivity index (χ0) is 16.0. The number of aliphatic hydroxyl groups is 1. The molecule has 0 radical (unpaired) electrons. The lowest BCUT2D eigenvalue weighted by Crippen LogP contribution is -2.45. The van der Waals surface area contributed by atoms with Gasteiger partial charge in [-0.3, -0.25) is 0 Å². The third kappa shape index (κ3) is 2.57. The van der Waals surface area contributed by atoms with E-state index in [-0.39, 0.29) is 6.10 Å². The van der Waals surface area contributed by atoms with Gasteiger partial charge in [-0.15, -0.1) is 0 Å². The lowest BCUT2D eigenvalue weighted by Gasteiger charge is -2.46. The molecule has 1 saturated heterocycles. The fourth-order valence-corrected chi connectivity index (χ4v) is 4.55. The Labute approximate surface area is 138 Å². The molecule has 0 bridgehead atoms. The molecule has 1 aromatic rings. The quantitative estimate of drug-likeness (QED) is 0.797. The minimum absolute atomic E-state index is 0.185. The van der Waals surface area contributed by atoms with Crippen molar-refractivity contribution in [2.24, 2.45) is 11.8 Å². The summed E-state index contributed by atoms with van der Waals surface area (Å²) in [5, 5.41) is 13.8. The molecule has 2 heterocycles. The number of aryl methyl sites for hydroxylation is 2. The number of fused-ring (bicyclic) bond motifs is 3. The maximum Gasteiger partial charge on any atom is 0.0929 e. The minimum atomic E-state index is 0.185. The van der Waals surface area contributed by atoms with Crippen LogP contribution in [0.15, 0.2) is 36.1 Å². The number of rotatable bonds is 1. The van der Waals surface area contributed by atoms with Crippen LogP contribution in [0.25, 0.3) is 0 Å². The molecule has 2 aliphatic heterocycles. The molecule has 3 aliphatic rings. The average molecular weight is 311 g/mol. The Balaban J connectivity index is 1.74. The Morgan fingerprint density at radius 3 is 2.96 bits per heavy atom. The maximum absolute atomic E-state index is 9.94. The highest BCUT2D eigenvalue weighted by atomic mass is 16.5. The molecule has 1 unspecified atom stereocenters. The molecule has 0 amide bonds. The highest BCUT2D eigenvalue weighted by Crippen LogP contribution is 2.48. The van der Waals surface area contributed by atoms with Crippen LogP contribution < -0.4 is 5.32 Å². The standard InChI is InChI=1S/C20H25NO2/c1-12-9-13(2)18-17(10-12)20-16(7-4-8-23-20)19(21-18)14-5-3-6-15(22)11-14/h3,5-6,9-10,14,16,19-22H,4,7-8,11H2,1-2H3/t14?,16-,19-,20-/m0/s1. The van der Waals surface area contributed by atoms with Gasteiger partial charge in [0.2, 0.25) is 0 Å². The molecule has 0 saturated carbocycles. The van der Waals surface area contributed by atoms with E-state index in [2.05, 4.69) is 37.4 Å². The van der Waals surface area contributed by atoms with E-state index in [1.165, 1.54) is 28.8 Å². The molecule has 0 aromatic heterocycles. The Morgan fingerprint density at radius 2 is 2.13 bits per heavy atom. The molecular weight excluding hydrogens is 286 g/mol. The number of hydrogen-bond donors (Lipinski definition) is 2. The number of nitrogens with one attached hydrogen (secondary N) is 1. The first-order valence-electron chi connectivity index (χ1n) is 8.69. The summed E-state index contributed by atoms with van der Waals surface area (Å²) in [6, 6.07) is 4.84. The van der Waals surface area contributed by atoms with E-state index in [1.54, 1.807) is 6.08 Å². The van der Waals surface area contributed by atoms with Crippen molar-refractivity contribution in [3.8, 4) is 0 Å². The van der Waals surface area contributed by atoms with E-state index in [0.29, 0.717) is 23.6 Å². The van der Waals surface area contributed by atoms with Gasteiger partial charge in [-0.2, -0.15) is 0 Å². The largest absolute Gasteiger partial charge is 0.512 e. The van der Waals surface area contributed by atoms with Crippen LogP contribution in [0.4, 0.5) is 5.69 Å². The third-order valence-corrected chi connectivity index (χ3v) is 5.51. The Hall–Kier alpha value is -1.74. The van der Waals surface area contributed by atoms with E-state index in [4.69, 9.17) is 4.74 Å². The fourth-order valence-electron chi connectivity index (χ4n) is 4.55. The van der Waals surface area contributed by atoms with Gasteiger partial charge in [0.05, 0.1) is 11.9 Å². The fraction of sp³-hybridized carbons (Fsp3) is 0.500. The maximum atomic E-state index is 9.94. The second kappa shape index (κ2) is 5.72. The van der Waals surface area contributed by atoms with Crippen LogP contribution in [0, 0.1) is 25.7 Å². The van der Waals surface area contributed by atoms with Gasteiger partial charge in [-0.1, -0.05) is 29.8 Å². The smallest absolute Gasteiger partial charge is 0.0929 e. The molecule has 23 heavy (non-hydrogen) atoms. The number of anilines is 1. The van der Waals surface area contributed by atoms with E-state index < -0.39 is 0 Å². The summed E-state index contributed by atoms with van der Waals surface area (Å²) >= 11 is 0. The van der Waals surface area contributed by atoms with Gasteiger partial charge in [0, 0.05) is 42.2 Å². The summed E-state index contributed by atoms with van der Waals surface area (Å²) in [6.07, 6.45) is 9.24. The van der Waals surface area contributed by atoms with Crippen LogP contribution in [-0.2, 0) is 4.74 Å². The number of hydrogen-bond acceptors (Lipinski definition) is 3. The molecule has 122 valence electrons. The first-order chi connectivity index (χ1) is 11.1. The molecule has 0 spiro atoms. The van der Waals surface area contributed by atoms with Crippen molar-refractivity contribution >= 4 is 5.69 Å². The molecule has 3 nitrogen and oxygen atoms in total. The Morgan fingerprint density at radius 1 is 1.26 bits per heavy atom. The van der Waals surface area contributed by atoms with Crippen LogP contribution in [-0.4, -0.2) is 17.8 Å². The van der Waals surface area contributed by atoms with Crippen LogP contribution in [0.3, 0.4) is 0 Å². The van der Waals surface area contributed by atoms with Crippen molar-refractivity contribution in [3.05, 3.63) is 52.8 Å². The Kier molecular flexibility index (Phi) is 3.68. The van der Waals surface area contributed by atoms with Crippen molar-refractivity contribution in [1.82, 2.24) is 0 Å². The molecule has 1 aromatic carbocycles. The molecule has 2 N–H and O–H groups in total. The van der Waals surface area contributed by atoms with Crippen LogP contribution >= 0.6 is 0 Å². The Bertz CT molecular complexity index is 676. The van der Waals surface area contributed by atoms with E-state index in [0.717, 1.165) is 19.4 Å². The predicted octanol–water partition coefficient (Wildman–Crippen LogP) is 4.58. The number of benzene rings is 1. The van der Waals surface area contributed by atoms with E-state index >= 15 is 0 Å². The van der Waals surface area contributed by atoms with E-state index in [1.807, 2.05) is 6.08 Å². The molecular formula is C20H25NO2. The second-order valence-electron chi connectivity index (χ2n) is 7.22. The molecule has 3 heteroatoms. The molecule has 4 atom stereocenters. The first-order valence-corrected chi connectivity index (χ1v) is 8.69. The third-order valence-electron chi connectivity index (χ3n) is 5.51. The highest BCUT2D eigenvalue weighted by molar-refractivity contribution is 5.62. The number of ether oxygens (including phenoxy) is 1. The number of allylic oxidation sites excluding steroid dienone is 3. The summed E-state index contributed by atoms with van der Waals surface area (Å²) in [7, 11) is 0. The minimum Gasteiger partial charge on any atom is -0.512 e. The summed E-state index contributed by atoms with van der Waals surface area (Å²) < 4.78 is 6.23. The lowest BCUT2D eigenvalue weighted by atomic mass is 9.73. The van der Waals surface area contributed by atoms with Crippen molar-refractivity contribution in [3.63, 3.8) is 0 Å². The molecule has 1 fully saturated rings. The summed E-state index contributed by atoms with van der Waals surface area (Å²) in [6.45, 7) is 5.18. The van der Waals surface area contributed by atoms with Gasteiger partial charge in [-0.25, -0.2) is 0 Å². The SMILES string of the molecule is Cc1cc(C)c2c(c1)[C@H]1OCCC[C@H]1[C@H](C1C=CC=C(O)C1)N2. The lowest BCUT2D eigenvalue weighted by molar-refractivity contribution is -0.0422. The predicted molar refractivity (Wildman–Crippen MR) is 92.7 cm³/mol. The van der Waals surface area contributed by atoms with Gasteiger partial charge < -0.3 is 15.2 Å². The topological polar surface area (TPSA) is 41.5 Å². The summed E-state index contributed by atoms with van der Waals surface area (Å²) in [5.41, 5.74) is 5.15.